The van der Waals surface area contributed by atoms with E-state index in [1.807, 2.05) is 0 Å². The van der Waals surface area contributed by atoms with Crippen LogP contribution in [0.2, 0.25) is 0 Å². The maximum absolute atomic E-state index is 11.0. The summed E-state index contributed by atoms with van der Waals surface area (Å²) in [5.74, 6) is -1.05. The molecule has 0 aliphatic rings. The predicted octanol–water partition coefficient (Wildman–Crippen LogP) is 0.699. The molecule has 72 valence electrons. The lowest BCUT2D eigenvalue weighted by atomic mass is 10.3. The van der Waals surface area contributed by atoms with Gasteiger partial charge in [-0.1, -0.05) is 0 Å². The van der Waals surface area contributed by atoms with Gasteiger partial charge in [-0.3, -0.25) is 9.59 Å². The number of nitrogens with two attached hydrogens (primary N) is 1. The second kappa shape index (κ2) is 4.39. The van der Waals surface area contributed by atoms with Gasteiger partial charge in [0.25, 0.3) is 5.91 Å². The maximum atomic E-state index is 11.0. The van der Waals surface area contributed by atoms with Crippen LogP contribution in [0.4, 0.5) is 5.00 Å². The highest BCUT2D eigenvalue weighted by Gasteiger charge is 2.11. The average Bonchev–Trinajstić information content (AvgIpc) is 2.52. The van der Waals surface area contributed by atoms with Gasteiger partial charge in [0.2, 0.25) is 5.91 Å². The Labute approximate surface area is 84.1 Å². The van der Waals surface area contributed by atoms with Crippen LogP contribution in [0.15, 0.2) is 11.4 Å². The zero-order valence-electron chi connectivity index (χ0n) is 7.11. The number of thiophene rings is 1. The summed E-state index contributed by atoms with van der Waals surface area (Å²) < 4.78 is 0. The molecule has 1 aromatic heterocycles. The van der Waals surface area contributed by atoms with E-state index in [9.17, 15) is 9.59 Å². The number of rotatable bonds is 3. The Morgan fingerprint density at radius 3 is 2.93 bits per heavy atom. The first kappa shape index (κ1) is 10.2. The lowest BCUT2D eigenvalue weighted by Crippen LogP contribution is -2.15. The van der Waals surface area contributed by atoms with E-state index < -0.39 is 11.8 Å². The molecule has 0 spiro atoms. The summed E-state index contributed by atoms with van der Waals surface area (Å²) in [4.78, 5) is 21.8. The smallest absolute Gasteiger partial charge is 0.251 e. The molecule has 0 radical (unpaired) electrons. The van der Waals surface area contributed by atoms with Crippen molar-refractivity contribution < 1.29 is 9.59 Å². The fourth-order valence-corrected chi connectivity index (χ4v) is 1.65. The number of carbonyl (C=O) groups is 2. The fourth-order valence-electron chi connectivity index (χ4n) is 0.843. The van der Waals surface area contributed by atoms with E-state index in [0.717, 1.165) is 0 Å². The third-order valence-electron chi connectivity index (χ3n) is 1.42. The van der Waals surface area contributed by atoms with Crippen LogP contribution in [0, 0.1) is 11.3 Å². The summed E-state index contributed by atoms with van der Waals surface area (Å²) in [6.07, 6.45) is -0.240. The summed E-state index contributed by atoms with van der Waals surface area (Å²) >= 11 is 1.19. The largest absolute Gasteiger partial charge is 0.366 e. The van der Waals surface area contributed by atoms with Crippen molar-refractivity contribution in [1.29, 1.82) is 5.26 Å². The van der Waals surface area contributed by atoms with Gasteiger partial charge in [0, 0.05) is 0 Å². The number of anilines is 1. The minimum atomic E-state index is -0.599. The van der Waals surface area contributed by atoms with Crippen molar-refractivity contribution in [3.05, 3.63) is 17.0 Å². The molecule has 5 nitrogen and oxygen atoms in total. The van der Waals surface area contributed by atoms with E-state index in [4.69, 9.17) is 11.0 Å². The average molecular weight is 209 g/mol. The molecule has 0 aliphatic carbocycles. The number of primary amides is 1. The second-order valence-electron chi connectivity index (χ2n) is 2.41. The van der Waals surface area contributed by atoms with Crippen molar-refractivity contribution in [2.75, 3.05) is 5.32 Å². The molecular formula is C8H7N3O2S. The Hall–Kier alpha value is -1.87. The van der Waals surface area contributed by atoms with Crippen LogP contribution >= 0.6 is 11.3 Å². The molecule has 0 aliphatic heterocycles. The van der Waals surface area contributed by atoms with E-state index in [2.05, 4.69) is 5.32 Å². The first-order valence-corrected chi connectivity index (χ1v) is 4.57. The van der Waals surface area contributed by atoms with Crippen LogP contribution < -0.4 is 11.1 Å². The van der Waals surface area contributed by atoms with E-state index in [1.54, 1.807) is 11.4 Å². The number of amides is 2. The van der Waals surface area contributed by atoms with Crippen molar-refractivity contribution in [2.24, 2.45) is 5.73 Å². The topological polar surface area (TPSA) is 96.0 Å². The monoisotopic (exact) mass is 209 g/mol. The van der Waals surface area contributed by atoms with Gasteiger partial charge in [-0.2, -0.15) is 5.26 Å². The number of hydrogen-bond acceptors (Lipinski definition) is 4. The summed E-state index contributed by atoms with van der Waals surface area (Å²) in [5.41, 5.74) is 5.33. The normalized spacial score (nSPS) is 9.07. The van der Waals surface area contributed by atoms with Gasteiger partial charge < -0.3 is 11.1 Å². The van der Waals surface area contributed by atoms with Gasteiger partial charge >= 0.3 is 0 Å². The van der Waals surface area contributed by atoms with E-state index in [-0.39, 0.29) is 12.0 Å². The quantitative estimate of drug-likeness (QED) is 0.766. The van der Waals surface area contributed by atoms with Crippen LogP contribution in [0.3, 0.4) is 0 Å². The number of hydrogen-bond donors (Lipinski definition) is 2. The molecule has 1 heterocycles. The van der Waals surface area contributed by atoms with Crippen LogP contribution in [0.25, 0.3) is 0 Å². The molecule has 0 bridgehead atoms. The minimum absolute atomic E-state index is 0.240. The molecule has 14 heavy (non-hydrogen) atoms. The van der Waals surface area contributed by atoms with Gasteiger partial charge in [-0.05, 0) is 11.4 Å². The number of carbonyl (C=O) groups excluding carboxylic acids is 2. The van der Waals surface area contributed by atoms with Gasteiger partial charge in [0.15, 0.2) is 0 Å². The Balaban J connectivity index is 2.77. The molecular weight excluding hydrogens is 202 g/mol. The van der Waals surface area contributed by atoms with Crippen LogP contribution in [-0.4, -0.2) is 11.8 Å². The first-order valence-electron chi connectivity index (χ1n) is 3.69. The van der Waals surface area contributed by atoms with Gasteiger partial charge in [0.05, 0.1) is 11.6 Å². The first-order chi connectivity index (χ1) is 6.65. The van der Waals surface area contributed by atoms with Crippen molar-refractivity contribution in [3.8, 4) is 6.07 Å². The lowest BCUT2D eigenvalue weighted by Gasteiger charge is -2.00. The fraction of sp³-hybridized carbons (Fsp3) is 0.125. The highest BCUT2D eigenvalue weighted by molar-refractivity contribution is 7.14. The highest BCUT2D eigenvalue weighted by Crippen LogP contribution is 2.22. The molecule has 0 unspecified atom stereocenters. The van der Waals surface area contributed by atoms with Crippen LogP contribution in [-0.2, 0) is 4.79 Å². The zero-order chi connectivity index (χ0) is 10.6. The molecule has 6 heteroatoms. The molecule has 1 rings (SSSR count). The highest BCUT2D eigenvalue weighted by atomic mass is 32.1. The van der Waals surface area contributed by atoms with Crippen molar-refractivity contribution in [3.63, 3.8) is 0 Å². The molecule has 3 N–H and O–H groups in total. The molecule has 1 aromatic rings. The summed E-state index contributed by atoms with van der Waals surface area (Å²) in [5, 5.41) is 12.7. The SMILES string of the molecule is N#CCC(=O)Nc1sccc1C(N)=O. The Bertz CT molecular complexity index is 405. The zero-order valence-corrected chi connectivity index (χ0v) is 7.93. The Morgan fingerprint density at radius 2 is 2.36 bits per heavy atom. The van der Waals surface area contributed by atoms with Gasteiger partial charge in [-0.25, -0.2) is 0 Å². The number of nitriles is 1. The number of nitrogens with one attached hydrogen (secondary N) is 1. The molecule has 0 fully saturated rings. The second-order valence-corrected chi connectivity index (χ2v) is 3.33. The maximum Gasteiger partial charge on any atom is 0.251 e. The standard InChI is InChI=1S/C8H7N3O2S/c9-3-1-6(12)11-8-5(7(10)13)2-4-14-8/h2,4H,1H2,(H2,10,13)(H,11,12). The molecule has 0 saturated carbocycles. The summed E-state index contributed by atoms with van der Waals surface area (Å²) in [6.45, 7) is 0. The Morgan fingerprint density at radius 1 is 1.64 bits per heavy atom. The van der Waals surface area contributed by atoms with Crippen LogP contribution in [0.1, 0.15) is 16.8 Å². The Kier molecular flexibility index (Phi) is 3.20. The van der Waals surface area contributed by atoms with Crippen molar-refractivity contribution >= 4 is 28.2 Å². The third-order valence-corrected chi connectivity index (χ3v) is 2.25. The molecule has 0 saturated heterocycles. The van der Waals surface area contributed by atoms with E-state index >= 15 is 0 Å². The van der Waals surface area contributed by atoms with E-state index in [0.29, 0.717) is 5.00 Å². The molecule has 0 aromatic carbocycles. The number of nitrogens with zero attached hydrogens (tertiary/aromatic N) is 1. The van der Waals surface area contributed by atoms with E-state index in [1.165, 1.54) is 17.4 Å². The van der Waals surface area contributed by atoms with Crippen molar-refractivity contribution in [1.82, 2.24) is 0 Å². The predicted molar refractivity (Wildman–Crippen MR) is 51.7 cm³/mol. The molecule has 2 amide bonds. The van der Waals surface area contributed by atoms with Gasteiger partial charge in [-0.15, -0.1) is 11.3 Å². The molecule has 0 atom stereocenters. The van der Waals surface area contributed by atoms with Crippen molar-refractivity contribution in [2.45, 2.75) is 6.42 Å². The summed E-state index contributed by atoms with van der Waals surface area (Å²) in [7, 11) is 0. The lowest BCUT2D eigenvalue weighted by molar-refractivity contribution is -0.115. The van der Waals surface area contributed by atoms with Crippen LogP contribution in [0.5, 0.6) is 0 Å². The van der Waals surface area contributed by atoms with Gasteiger partial charge in [0.1, 0.15) is 11.4 Å². The minimum Gasteiger partial charge on any atom is -0.366 e. The third kappa shape index (κ3) is 2.31. The summed E-state index contributed by atoms with van der Waals surface area (Å²) in [6, 6.07) is 3.23.